The lowest BCUT2D eigenvalue weighted by Crippen LogP contribution is -2.13. The zero-order valence-electron chi connectivity index (χ0n) is 19.7. The number of carbonyl (C=O) groups excluding carboxylic acids is 1. The fourth-order valence-corrected chi connectivity index (χ4v) is 4.73. The van der Waals surface area contributed by atoms with Crippen molar-refractivity contribution in [2.24, 2.45) is 0 Å². The van der Waals surface area contributed by atoms with Gasteiger partial charge in [-0.25, -0.2) is 4.39 Å². The van der Waals surface area contributed by atoms with Gasteiger partial charge in [-0.15, -0.1) is 0 Å². The highest BCUT2D eigenvalue weighted by Gasteiger charge is 2.21. The summed E-state index contributed by atoms with van der Waals surface area (Å²) in [5.41, 5.74) is 2.97. The minimum Gasteiger partial charge on any atom is -0.481 e. The zero-order valence-corrected chi connectivity index (χ0v) is 20.5. The first-order valence-corrected chi connectivity index (χ1v) is 12.1. The number of halogens is 1. The molecule has 0 saturated heterocycles. The van der Waals surface area contributed by atoms with Crippen LogP contribution in [0, 0.1) is 12.7 Å². The number of carboxylic acid groups (broad SMARTS) is 1. The fraction of sp³-hybridized carbons (Fsp3) is 0.179. The van der Waals surface area contributed by atoms with Crippen molar-refractivity contribution in [3.63, 3.8) is 0 Å². The maximum absolute atomic E-state index is 14.0. The molecule has 0 fully saturated rings. The maximum Gasteiger partial charge on any atom is 0.311 e. The number of carboxylic acids is 1. The van der Waals surface area contributed by atoms with Crippen LogP contribution in [0.2, 0.25) is 0 Å². The van der Waals surface area contributed by atoms with Gasteiger partial charge in [-0.3, -0.25) is 9.59 Å². The summed E-state index contributed by atoms with van der Waals surface area (Å²) in [6, 6.07) is 21.1. The normalized spacial score (nSPS) is 11.8. The van der Waals surface area contributed by atoms with Crippen LogP contribution < -0.4 is 0 Å². The number of esters is 1. The third-order valence-electron chi connectivity index (χ3n) is 5.62. The molecule has 0 spiro atoms. The number of hydrogen-bond donors (Lipinski definition) is 1. The highest BCUT2D eigenvalue weighted by Crippen LogP contribution is 2.34. The highest BCUT2D eigenvalue weighted by molar-refractivity contribution is 7.99. The van der Waals surface area contributed by atoms with Crippen molar-refractivity contribution < 1.29 is 28.3 Å². The second kappa shape index (κ2) is 11.2. The molecule has 0 aliphatic rings. The van der Waals surface area contributed by atoms with E-state index < -0.39 is 23.9 Å². The van der Waals surface area contributed by atoms with E-state index in [-0.39, 0.29) is 12.8 Å². The lowest BCUT2D eigenvalue weighted by molar-refractivity contribution is -0.147. The van der Waals surface area contributed by atoms with E-state index in [1.165, 1.54) is 17.8 Å². The SMILES string of the molecule is Cc1noc(-c2ccc(Sc3ccccc3CC(=O)O)cc2)c1CC(=O)O[C@H](C)c1ccccc1F. The molecule has 0 unspecified atom stereocenters. The first kappa shape index (κ1) is 25.2. The van der Waals surface area contributed by atoms with Crippen molar-refractivity contribution >= 4 is 23.7 Å². The van der Waals surface area contributed by atoms with E-state index in [9.17, 15) is 14.0 Å². The standard InChI is InChI=1S/C28H24FNO5S/c1-17-23(16-27(33)34-18(2)22-8-4-5-9-24(22)29)28(35-30-17)19-11-13-21(14-12-19)36-25-10-6-3-7-20(25)15-26(31)32/h3-14,18H,15-16H2,1-2H3,(H,31,32)/t18-/m1/s1. The van der Waals surface area contributed by atoms with E-state index >= 15 is 0 Å². The van der Waals surface area contributed by atoms with Crippen LogP contribution in [0.1, 0.15) is 35.4 Å². The van der Waals surface area contributed by atoms with Crippen LogP contribution in [0.25, 0.3) is 11.3 Å². The number of nitrogens with zero attached hydrogens (tertiary/aromatic N) is 1. The monoisotopic (exact) mass is 505 g/mol. The Bertz CT molecular complexity index is 1380. The molecule has 8 heteroatoms. The minimum atomic E-state index is -0.881. The molecule has 4 rings (SSSR count). The summed E-state index contributed by atoms with van der Waals surface area (Å²) >= 11 is 1.47. The highest BCUT2D eigenvalue weighted by atomic mass is 32.2. The second-order valence-electron chi connectivity index (χ2n) is 8.21. The van der Waals surface area contributed by atoms with Gasteiger partial charge in [-0.1, -0.05) is 53.3 Å². The number of rotatable bonds is 9. The lowest BCUT2D eigenvalue weighted by atomic mass is 10.0. The molecule has 0 aliphatic heterocycles. The van der Waals surface area contributed by atoms with Crippen LogP contribution in [0.3, 0.4) is 0 Å². The molecule has 184 valence electrons. The van der Waals surface area contributed by atoms with Crippen LogP contribution in [0.15, 0.2) is 87.1 Å². The summed E-state index contributed by atoms with van der Waals surface area (Å²) in [6.07, 6.45) is -0.849. The number of aromatic nitrogens is 1. The van der Waals surface area contributed by atoms with Crippen LogP contribution in [0.5, 0.6) is 0 Å². The van der Waals surface area contributed by atoms with E-state index in [0.29, 0.717) is 22.6 Å². The third-order valence-corrected chi connectivity index (χ3v) is 6.74. The number of aliphatic carboxylic acids is 1. The number of ether oxygens (including phenoxy) is 1. The zero-order chi connectivity index (χ0) is 25.7. The van der Waals surface area contributed by atoms with E-state index in [0.717, 1.165) is 20.9 Å². The predicted molar refractivity (Wildman–Crippen MR) is 133 cm³/mol. The summed E-state index contributed by atoms with van der Waals surface area (Å²) in [7, 11) is 0. The topological polar surface area (TPSA) is 89.6 Å². The predicted octanol–water partition coefficient (Wildman–Crippen LogP) is 6.41. The molecule has 0 amide bonds. The molecule has 0 saturated carbocycles. The molecule has 0 bridgehead atoms. The first-order valence-electron chi connectivity index (χ1n) is 11.3. The maximum atomic E-state index is 14.0. The van der Waals surface area contributed by atoms with Gasteiger partial charge in [0, 0.05) is 26.5 Å². The van der Waals surface area contributed by atoms with Crippen molar-refractivity contribution in [3.05, 3.63) is 101 Å². The van der Waals surface area contributed by atoms with Gasteiger partial charge in [-0.2, -0.15) is 0 Å². The van der Waals surface area contributed by atoms with Gasteiger partial charge in [0.25, 0.3) is 0 Å². The Morgan fingerprint density at radius 2 is 1.72 bits per heavy atom. The van der Waals surface area contributed by atoms with Crippen LogP contribution in [0.4, 0.5) is 4.39 Å². The van der Waals surface area contributed by atoms with Gasteiger partial charge >= 0.3 is 11.9 Å². The molecule has 0 aliphatic carbocycles. The van der Waals surface area contributed by atoms with Gasteiger partial charge in [0.15, 0.2) is 5.76 Å². The van der Waals surface area contributed by atoms with Gasteiger partial charge in [0.2, 0.25) is 0 Å². The molecule has 1 aromatic heterocycles. The summed E-state index contributed by atoms with van der Waals surface area (Å²) in [5, 5.41) is 13.2. The minimum absolute atomic E-state index is 0.0480. The first-order chi connectivity index (χ1) is 17.3. The molecule has 3 aromatic carbocycles. The van der Waals surface area contributed by atoms with Gasteiger partial charge in [0.05, 0.1) is 18.5 Å². The summed E-state index contributed by atoms with van der Waals surface area (Å²) < 4.78 is 25.0. The Hall–Kier alpha value is -3.91. The molecule has 6 nitrogen and oxygen atoms in total. The van der Waals surface area contributed by atoms with Crippen molar-refractivity contribution in [1.82, 2.24) is 5.16 Å². The van der Waals surface area contributed by atoms with Crippen LogP contribution in [-0.4, -0.2) is 22.2 Å². The molecule has 36 heavy (non-hydrogen) atoms. The number of benzene rings is 3. The Labute approximate surface area is 212 Å². The molecule has 1 atom stereocenters. The van der Waals surface area contributed by atoms with Crippen LogP contribution in [-0.2, 0) is 27.2 Å². The van der Waals surface area contributed by atoms with Gasteiger partial charge in [0.1, 0.15) is 11.9 Å². The third kappa shape index (κ3) is 6.01. The average molecular weight is 506 g/mol. The quantitative estimate of drug-likeness (QED) is 0.263. The molecule has 0 radical (unpaired) electrons. The molecular formula is C28H24FNO5S. The van der Waals surface area contributed by atoms with Crippen molar-refractivity contribution in [1.29, 1.82) is 0 Å². The molecule has 4 aromatic rings. The number of hydrogen-bond acceptors (Lipinski definition) is 6. The molecular weight excluding hydrogens is 481 g/mol. The van der Waals surface area contributed by atoms with Crippen LogP contribution >= 0.6 is 11.8 Å². The lowest BCUT2D eigenvalue weighted by Gasteiger charge is -2.14. The van der Waals surface area contributed by atoms with E-state index in [1.54, 1.807) is 38.1 Å². The molecule has 1 heterocycles. The van der Waals surface area contributed by atoms with E-state index in [4.69, 9.17) is 14.4 Å². The Morgan fingerprint density at radius 1 is 1.03 bits per heavy atom. The summed E-state index contributed by atoms with van der Waals surface area (Å²) in [5.74, 6) is -1.36. The number of carbonyl (C=O) groups is 2. The van der Waals surface area contributed by atoms with E-state index in [2.05, 4.69) is 5.16 Å². The van der Waals surface area contributed by atoms with Crippen molar-refractivity contribution in [2.45, 2.75) is 42.6 Å². The Balaban J connectivity index is 1.48. The van der Waals surface area contributed by atoms with Crippen molar-refractivity contribution in [2.75, 3.05) is 0 Å². The largest absolute Gasteiger partial charge is 0.481 e. The van der Waals surface area contributed by atoms with Gasteiger partial charge in [-0.05, 0) is 55.8 Å². The van der Waals surface area contributed by atoms with Gasteiger partial charge < -0.3 is 14.4 Å². The molecule has 1 N–H and O–H groups in total. The smallest absolute Gasteiger partial charge is 0.311 e. The second-order valence-corrected chi connectivity index (χ2v) is 9.33. The Kier molecular flexibility index (Phi) is 7.85. The van der Waals surface area contributed by atoms with Crippen molar-refractivity contribution in [3.8, 4) is 11.3 Å². The Morgan fingerprint density at radius 3 is 2.44 bits per heavy atom. The number of aryl methyl sites for hydroxylation is 1. The summed E-state index contributed by atoms with van der Waals surface area (Å²) in [4.78, 5) is 25.6. The summed E-state index contributed by atoms with van der Waals surface area (Å²) in [6.45, 7) is 3.38. The fourth-order valence-electron chi connectivity index (χ4n) is 3.79. The average Bonchev–Trinajstić information content (AvgIpc) is 3.20. The van der Waals surface area contributed by atoms with E-state index in [1.807, 2.05) is 42.5 Å².